The summed E-state index contributed by atoms with van der Waals surface area (Å²) < 4.78 is 0. The summed E-state index contributed by atoms with van der Waals surface area (Å²) in [6.45, 7) is 9.58. The van der Waals surface area contributed by atoms with Gasteiger partial charge in [-0.25, -0.2) is 0 Å². The summed E-state index contributed by atoms with van der Waals surface area (Å²) in [5, 5.41) is 23.5. The Bertz CT molecular complexity index is 1230. The van der Waals surface area contributed by atoms with Crippen LogP contribution in [0.1, 0.15) is 47.6 Å². The summed E-state index contributed by atoms with van der Waals surface area (Å²) in [5.74, 6) is 0.282. The molecule has 5 heteroatoms. The largest absolute Gasteiger partial charge is 0.507 e. The molecule has 2 N–H and O–H groups in total. The fourth-order valence-corrected chi connectivity index (χ4v) is 5.26. The second kappa shape index (κ2) is 11.3. The smallest absolute Gasteiger partial charge is 0.128 e. The van der Waals surface area contributed by atoms with Crippen molar-refractivity contribution in [3.8, 4) is 22.6 Å². The van der Waals surface area contributed by atoms with E-state index in [2.05, 4.69) is 18.1 Å². The number of phenols is 2. The van der Waals surface area contributed by atoms with Gasteiger partial charge in [-0.15, -0.1) is 13.2 Å². The lowest BCUT2D eigenvalue weighted by molar-refractivity contribution is 0.185. The Kier molecular flexibility index (Phi) is 8.22. The number of piperidine rings is 1. The first-order chi connectivity index (χ1) is 16.9. The van der Waals surface area contributed by atoms with Gasteiger partial charge < -0.3 is 10.2 Å². The maximum Gasteiger partial charge on any atom is 0.128 e. The van der Waals surface area contributed by atoms with Gasteiger partial charge in [-0.05, 0) is 91.9 Å². The fraction of sp³-hybridized carbons (Fsp3) is 0.267. The van der Waals surface area contributed by atoms with Crippen molar-refractivity contribution in [3.05, 3.63) is 106 Å². The van der Waals surface area contributed by atoms with E-state index < -0.39 is 0 Å². The van der Waals surface area contributed by atoms with E-state index in [1.807, 2.05) is 54.6 Å². The number of hydrogen-bond donors (Lipinski definition) is 2. The van der Waals surface area contributed by atoms with Crippen LogP contribution in [-0.2, 0) is 12.8 Å². The molecule has 1 heterocycles. The summed E-state index contributed by atoms with van der Waals surface area (Å²) >= 11 is 12.7. The van der Waals surface area contributed by atoms with Gasteiger partial charge in [0.05, 0.1) is 16.1 Å². The third-order valence-corrected chi connectivity index (χ3v) is 7.36. The number of nitrogens with zero attached hydrogens (tertiary/aromatic N) is 1. The van der Waals surface area contributed by atoms with Crippen molar-refractivity contribution < 1.29 is 10.2 Å². The Morgan fingerprint density at radius 2 is 1.49 bits per heavy atom. The van der Waals surface area contributed by atoms with Crippen molar-refractivity contribution in [3.63, 3.8) is 0 Å². The predicted molar refractivity (Wildman–Crippen MR) is 147 cm³/mol. The minimum absolute atomic E-state index is 0.124. The highest BCUT2D eigenvalue weighted by Gasteiger charge is 2.29. The number of allylic oxidation sites excluding steroid dienone is 2. The molecule has 1 saturated heterocycles. The van der Waals surface area contributed by atoms with E-state index in [1.54, 1.807) is 6.07 Å². The molecule has 3 aromatic rings. The standard InChI is InChI=1S/C30H31Cl2NO2/c1-3-8-20-10-13-28(34)23(16-20)24-17-21(9-4-2)18-25(30(24)35)29(33-14-6-5-7-15-33)22-11-12-26(31)27(32)19-22/h3-4,10-13,16-19,29,34-35H,1-2,5-9,14-15H2. The molecule has 0 amide bonds. The van der Waals surface area contributed by atoms with E-state index in [9.17, 15) is 10.2 Å². The molecule has 1 unspecified atom stereocenters. The third kappa shape index (κ3) is 5.59. The molecule has 0 spiro atoms. The molecule has 1 aliphatic rings. The maximum absolute atomic E-state index is 11.7. The molecule has 1 fully saturated rings. The van der Waals surface area contributed by atoms with Gasteiger partial charge in [-0.2, -0.15) is 0 Å². The molecule has 0 radical (unpaired) electrons. The van der Waals surface area contributed by atoms with Gasteiger partial charge in [0.1, 0.15) is 11.5 Å². The normalized spacial score (nSPS) is 15.0. The van der Waals surface area contributed by atoms with Crippen molar-refractivity contribution in [2.75, 3.05) is 13.1 Å². The average molecular weight is 508 g/mol. The topological polar surface area (TPSA) is 43.7 Å². The van der Waals surface area contributed by atoms with Crippen LogP contribution in [0.5, 0.6) is 11.5 Å². The van der Waals surface area contributed by atoms with Crippen LogP contribution in [0.2, 0.25) is 10.0 Å². The van der Waals surface area contributed by atoms with Crippen LogP contribution in [0.15, 0.2) is 73.8 Å². The molecule has 0 aromatic heterocycles. The van der Waals surface area contributed by atoms with Gasteiger partial charge >= 0.3 is 0 Å². The number of rotatable bonds is 8. The summed E-state index contributed by atoms with van der Waals surface area (Å²) in [5.41, 5.74) is 4.99. The molecular weight excluding hydrogens is 477 g/mol. The molecular formula is C30H31Cl2NO2. The van der Waals surface area contributed by atoms with Gasteiger partial charge in [0.25, 0.3) is 0 Å². The van der Waals surface area contributed by atoms with Crippen molar-refractivity contribution in [2.45, 2.75) is 38.1 Å². The minimum Gasteiger partial charge on any atom is -0.507 e. The molecule has 35 heavy (non-hydrogen) atoms. The second-order valence-electron chi connectivity index (χ2n) is 9.09. The van der Waals surface area contributed by atoms with Crippen molar-refractivity contribution in [1.29, 1.82) is 0 Å². The van der Waals surface area contributed by atoms with Crippen molar-refractivity contribution >= 4 is 23.2 Å². The Hall–Kier alpha value is -2.72. The number of benzene rings is 3. The van der Waals surface area contributed by atoms with Crippen molar-refractivity contribution in [2.24, 2.45) is 0 Å². The lowest BCUT2D eigenvalue weighted by Gasteiger charge is -2.36. The Balaban J connectivity index is 1.94. The Morgan fingerprint density at radius 1 is 0.800 bits per heavy atom. The quantitative estimate of drug-likeness (QED) is 0.302. The summed E-state index contributed by atoms with van der Waals surface area (Å²) in [6, 6.07) is 14.9. The van der Waals surface area contributed by atoms with E-state index in [4.69, 9.17) is 23.2 Å². The minimum atomic E-state index is -0.202. The van der Waals surface area contributed by atoms with Crippen LogP contribution in [0.3, 0.4) is 0 Å². The number of hydrogen-bond acceptors (Lipinski definition) is 3. The summed E-state index contributed by atoms with van der Waals surface area (Å²) in [7, 11) is 0. The van der Waals surface area contributed by atoms with Gasteiger partial charge in [0.2, 0.25) is 0 Å². The third-order valence-electron chi connectivity index (χ3n) is 6.62. The average Bonchev–Trinajstić information content (AvgIpc) is 2.85. The van der Waals surface area contributed by atoms with E-state index in [-0.39, 0.29) is 17.5 Å². The highest BCUT2D eigenvalue weighted by molar-refractivity contribution is 6.42. The van der Waals surface area contributed by atoms with E-state index in [0.717, 1.165) is 48.2 Å². The number of aromatic hydroxyl groups is 2. The maximum atomic E-state index is 11.7. The lowest BCUT2D eigenvalue weighted by atomic mass is 9.88. The fourth-order valence-electron chi connectivity index (χ4n) is 4.96. The lowest BCUT2D eigenvalue weighted by Crippen LogP contribution is -2.34. The molecule has 0 bridgehead atoms. The van der Waals surface area contributed by atoms with E-state index in [0.29, 0.717) is 34.0 Å². The van der Waals surface area contributed by atoms with Gasteiger partial charge in [0, 0.05) is 16.7 Å². The first-order valence-electron chi connectivity index (χ1n) is 12.0. The summed E-state index contributed by atoms with van der Waals surface area (Å²) in [6.07, 6.45) is 8.39. The zero-order valence-corrected chi connectivity index (χ0v) is 21.3. The van der Waals surface area contributed by atoms with Gasteiger partial charge in [-0.3, -0.25) is 4.90 Å². The van der Waals surface area contributed by atoms with Crippen LogP contribution < -0.4 is 0 Å². The number of likely N-dealkylation sites (tertiary alicyclic amines) is 1. The van der Waals surface area contributed by atoms with Crippen LogP contribution in [0.25, 0.3) is 11.1 Å². The van der Waals surface area contributed by atoms with Gasteiger partial charge in [0.15, 0.2) is 0 Å². The molecule has 1 aliphatic heterocycles. The van der Waals surface area contributed by atoms with Crippen LogP contribution in [-0.4, -0.2) is 28.2 Å². The van der Waals surface area contributed by atoms with Gasteiger partial charge in [-0.1, -0.05) is 53.9 Å². The number of phenolic OH excluding ortho intramolecular Hbond substituents is 2. The molecule has 182 valence electrons. The van der Waals surface area contributed by atoms with Crippen LogP contribution >= 0.6 is 23.2 Å². The monoisotopic (exact) mass is 507 g/mol. The molecule has 0 aliphatic carbocycles. The molecule has 3 nitrogen and oxygen atoms in total. The van der Waals surface area contributed by atoms with E-state index in [1.165, 1.54) is 6.42 Å². The summed E-state index contributed by atoms with van der Waals surface area (Å²) in [4.78, 5) is 2.40. The highest BCUT2D eigenvalue weighted by Crippen LogP contribution is 2.45. The highest BCUT2D eigenvalue weighted by atomic mass is 35.5. The first kappa shape index (κ1) is 25.4. The molecule has 0 saturated carbocycles. The zero-order chi connectivity index (χ0) is 24.9. The van der Waals surface area contributed by atoms with Crippen LogP contribution in [0.4, 0.5) is 0 Å². The second-order valence-corrected chi connectivity index (χ2v) is 9.91. The predicted octanol–water partition coefficient (Wildman–Crippen LogP) is 8.10. The molecule has 4 rings (SSSR count). The van der Waals surface area contributed by atoms with Crippen LogP contribution in [0, 0.1) is 0 Å². The SMILES string of the molecule is C=CCc1ccc(O)c(-c2cc(CC=C)cc(C(c3ccc(Cl)c(Cl)c3)N3CCCCC3)c2O)c1. The molecule has 3 aromatic carbocycles. The Morgan fingerprint density at radius 3 is 2.17 bits per heavy atom. The van der Waals surface area contributed by atoms with E-state index >= 15 is 0 Å². The number of halogens is 2. The molecule has 1 atom stereocenters. The zero-order valence-electron chi connectivity index (χ0n) is 19.8. The first-order valence-corrected chi connectivity index (χ1v) is 12.8. The van der Waals surface area contributed by atoms with Crippen molar-refractivity contribution in [1.82, 2.24) is 4.90 Å². The Labute approximate surface area is 217 Å².